The Bertz CT molecular complexity index is 242. The second-order valence-electron chi connectivity index (χ2n) is 4.85. The molecule has 2 N–H and O–H groups in total. The molecule has 0 radical (unpaired) electrons. The molecule has 1 aliphatic carbocycles. The molecule has 0 saturated heterocycles. The van der Waals surface area contributed by atoms with Crippen molar-refractivity contribution in [3.63, 3.8) is 0 Å². The Kier molecular flexibility index (Phi) is 5.08. The van der Waals surface area contributed by atoms with E-state index in [1.54, 1.807) is 18.7 Å². The van der Waals surface area contributed by atoms with Crippen molar-refractivity contribution in [3.05, 3.63) is 0 Å². The van der Waals surface area contributed by atoms with Gasteiger partial charge in [-0.25, -0.2) is 0 Å². The van der Waals surface area contributed by atoms with Crippen LogP contribution in [0.2, 0.25) is 0 Å². The van der Waals surface area contributed by atoms with Crippen LogP contribution in [0.15, 0.2) is 0 Å². The first kappa shape index (κ1) is 13.8. The first-order valence-electron chi connectivity index (χ1n) is 5.63. The molecule has 0 spiro atoms. The van der Waals surface area contributed by atoms with Crippen LogP contribution in [0, 0.1) is 0 Å². The lowest BCUT2D eigenvalue weighted by Crippen LogP contribution is -2.45. The van der Waals surface area contributed by atoms with E-state index in [1.807, 2.05) is 13.3 Å². The third-order valence-electron chi connectivity index (χ3n) is 2.68. The Labute approximate surface area is 102 Å². The number of amides is 1. The summed E-state index contributed by atoms with van der Waals surface area (Å²) in [5, 5.41) is 12.6. The summed E-state index contributed by atoms with van der Waals surface area (Å²) in [6.07, 6.45) is 4.35. The van der Waals surface area contributed by atoms with Crippen molar-refractivity contribution in [1.29, 1.82) is 0 Å². The normalized spacial score (nSPS) is 19.6. The fourth-order valence-electron chi connectivity index (χ4n) is 1.58. The van der Waals surface area contributed by atoms with Gasteiger partial charge in [0.1, 0.15) is 0 Å². The van der Waals surface area contributed by atoms with Gasteiger partial charge in [0.25, 0.3) is 0 Å². The second-order valence-corrected chi connectivity index (χ2v) is 5.72. The van der Waals surface area contributed by atoms with Gasteiger partial charge in [-0.3, -0.25) is 9.69 Å². The zero-order valence-electron chi connectivity index (χ0n) is 10.3. The standard InChI is InChI=1S/C11H22N2O2S/c1-11(15,8-16-3)7-12-10(14)6-13(2)9-4-5-9/h9,15H,4-8H2,1-3H3,(H,12,14)/t11-/m1/s1. The van der Waals surface area contributed by atoms with Gasteiger partial charge < -0.3 is 10.4 Å². The van der Waals surface area contributed by atoms with Crippen LogP contribution >= 0.6 is 11.8 Å². The summed E-state index contributed by atoms with van der Waals surface area (Å²) < 4.78 is 0. The van der Waals surface area contributed by atoms with Gasteiger partial charge >= 0.3 is 0 Å². The number of nitrogens with zero attached hydrogens (tertiary/aromatic N) is 1. The average molecular weight is 246 g/mol. The van der Waals surface area contributed by atoms with E-state index in [9.17, 15) is 9.90 Å². The summed E-state index contributed by atoms with van der Waals surface area (Å²) in [6, 6.07) is 0.595. The molecule has 0 aromatic rings. The van der Waals surface area contributed by atoms with Gasteiger partial charge in [0.05, 0.1) is 12.1 Å². The summed E-state index contributed by atoms with van der Waals surface area (Å²) >= 11 is 1.58. The number of hydrogen-bond donors (Lipinski definition) is 2. The van der Waals surface area contributed by atoms with Gasteiger partial charge in [-0.15, -0.1) is 0 Å². The summed E-state index contributed by atoms with van der Waals surface area (Å²) in [6.45, 7) is 2.50. The zero-order chi connectivity index (χ0) is 12.2. The fourth-order valence-corrected chi connectivity index (χ4v) is 2.30. The van der Waals surface area contributed by atoms with Gasteiger partial charge in [-0.2, -0.15) is 11.8 Å². The van der Waals surface area contributed by atoms with Gasteiger partial charge in [-0.1, -0.05) is 0 Å². The average Bonchev–Trinajstić information content (AvgIpc) is 2.98. The summed E-state index contributed by atoms with van der Waals surface area (Å²) in [5.74, 6) is 0.627. The number of thioether (sulfide) groups is 1. The van der Waals surface area contributed by atoms with Gasteiger partial charge in [0.15, 0.2) is 0 Å². The second kappa shape index (κ2) is 5.89. The van der Waals surface area contributed by atoms with Gasteiger partial charge in [0.2, 0.25) is 5.91 Å². The van der Waals surface area contributed by atoms with Crippen molar-refractivity contribution in [3.8, 4) is 0 Å². The fraction of sp³-hybridized carbons (Fsp3) is 0.909. The van der Waals surface area contributed by atoms with E-state index < -0.39 is 5.60 Å². The maximum Gasteiger partial charge on any atom is 0.234 e. The SMILES string of the molecule is CSC[C@](C)(O)CNC(=O)CN(C)C1CC1. The lowest BCUT2D eigenvalue weighted by molar-refractivity contribution is -0.123. The molecule has 5 heteroatoms. The highest BCUT2D eigenvalue weighted by atomic mass is 32.2. The van der Waals surface area contributed by atoms with Crippen molar-refractivity contribution in [2.75, 3.05) is 32.1 Å². The minimum atomic E-state index is -0.812. The molecule has 4 nitrogen and oxygen atoms in total. The van der Waals surface area contributed by atoms with E-state index >= 15 is 0 Å². The molecule has 16 heavy (non-hydrogen) atoms. The van der Waals surface area contributed by atoms with Crippen LogP contribution in [0.25, 0.3) is 0 Å². The van der Waals surface area contributed by atoms with Crippen LogP contribution in [0.1, 0.15) is 19.8 Å². The summed E-state index contributed by atoms with van der Waals surface area (Å²) in [5.41, 5.74) is -0.812. The Morgan fingerprint density at radius 3 is 2.75 bits per heavy atom. The minimum absolute atomic E-state index is 0.00391. The van der Waals surface area contributed by atoms with Gasteiger partial charge in [-0.05, 0) is 33.1 Å². The number of rotatable bonds is 7. The van der Waals surface area contributed by atoms with Crippen molar-refractivity contribution in [1.82, 2.24) is 10.2 Å². The number of aliphatic hydroxyl groups is 1. The molecule has 1 atom stereocenters. The first-order chi connectivity index (χ1) is 7.44. The highest BCUT2D eigenvalue weighted by molar-refractivity contribution is 7.98. The van der Waals surface area contributed by atoms with Crippen molar-refractivity contribution in [2.24, 2.45) is 0 Å². The Balaban J connectivity index is 2.18. The quantitative estimate of drug-likeness (QED) is 0.679. The highest BCUT2D eigenvalue weighted by Crippen LogP contribution is 2.24. The lowest BCUT2D eigenvalue weighted by atomic mass is 10.1. The molecule has 1 rings (SSSR count). The van der Waals surface area contributed by atoms with Crippen LogP contribution < -0.4 is 5.32 Å². The number of hydrogen-bond acceptors (Lipinski definition) is 4. The molecular formula is C11H22N2O2S. The van der Waals surface area contributed by atoms with Crippen molar-refractivity contribution >= 4 is 17.7 Å². The number of carbonyl (C=O) groups is 1. The molecule has 1 amide bonds. The highest BCUT2D eigenvalue weighted by Gasteiger charge is 2.27. The largest absolute Gasteiger partial charge is 0.387 e. The molecule has 1 aliphatic rings. The number of likely N-dealkylation sites (N-methyl/N-ethyl adjacent to an activating group) is 1. The maximum absolute atomic E-state index is 11.6. The van der Waals surface area contributed by atoms with Crippen molar-refractivity contribution < 1.29 is 9.90 Å². The van der Waals surface area contributed by atoms with E-state index in [2.05, 4.69) is 10.2 Å². The molecule has 1 saturated carbocycles. The Hall–Kier alpha value is -0.260. The third kappa shape index (κ3) is 5.18. The van der Waals surface area contributed by atoms with E-state index in [1.165, 1.54) is 12.8 Å². The molecule has 0 aliphatic heterocycles. The maximum atomic E-state index is 11.6. The zero-order valence-corrected chi connectivity index (χ0v) is 11.1. The molecule has 0 heterocycles. The predicted octanol–water partition coefficient (Wildman–Crippen LogP) is 0.311. The molecule has 0 bridgehead atoms. The molecule has 1 fully saturated rings. The molecule has 0 aromatic carbocycles. The van der Waals surface area contributed by atoms with E-state index in [0.717, 1.165) is 0 Å². The van der Waals surface area contributed by atoms with Crippen LogP contribution in [-0.2, 0) is 4.79 Å². The summed E-state index contributed by atoms with van der Waals surface area (Å²) in [4.78, 5) is 13.6. The van der Waals surface area contributed by atoms with Crippen LogP contribution in [0.4, 0.5) is 0 Å². The molecule has 0 unspecified atom stereocenters. The lowest BCUT2D eigenvalue weighted by Gasteiger charge is -2.23. The van der Waals surface area contributed by atoms with Crippen LogP contribution in [0.3, 0.4) is 0 Å². The Morgan fingerprint density at radius 1 is 1.62 bits per heavy atom. The first-order valence-corrected chi connectivity index (χ1v) is 7.02. The van der Waals surface area contributed by atoms with Crippen LogP contribution in [0.5, 0.6) is 0 Å². The number of carbonyl (C=O) groups excluding carboxylic acids is 1. The van der Waals surface area contributed by atoms with E-state index in [4.69, 9.17) is 0 Å². The predicted molar refractivity (Wildman–Crippen MR) is 67.7 cm³/mol. The van der Waals surface area contributed by atoms with E-state index in [-0.39, 0.29) is 5.91 Å². The van der Waals surface area contributed by atoms with Crippen LogP contribution in [-0.4, -0.2) is 59.7 Å². The van der Waals surface area contributed by atoms with Crippen molar-refractivity contribution in [2.45, 2.75) is 31.4 Å². The summed E-state index contributed by atoms with van der Waals surface area (Å²) in [7, 11) is 1.97. The molecule has 0 aromatic heterocycles. The third-order valence-corrected chi connectivity index (χ3v) is 3.60. The Morgan fingerprint density at radius 2 is 2.25 bits per heavy atom. The topological polar surface area (TPSA) is 52.6 Å². The minimum Gasteiger partial charge on any atom is -0.387 e. The number of nitrogens with one attached hydrogen (secondary N) is 1. The molecule has 94 valence electrons. The van der Waals surface area contributed by atoms with Gasteiger partial charge in [0, 0.05) is 18.3 Å². The van der Waals surface area contributed by atoms with E-state index in [0.29, 0.717) is 24.9 Å². The molecular weight excluding hydrogens is 224 g/mol. The smallest absolute Gasteiger partial charge is 0.234 e. The monoisotopic (exact) mass is 246 g/mol.